The van der Waals surface area contributed by atoms with Gasteiger partial charge in [-0.1, -0.05) is 15.9 Å². The highest BCUT2D eigenvalue weighted by atomic mass is 79.9. The van der Waals surface area contributed by atoms with Gasteiger partial charge in [-0.3, -0.25) is 0 Å². The molecule has 1 heterocycles. The third kappa shape index (κ3) is 1.35. The number of nitrogens with one attached hydrogen (secondary N) is 1. The van der Waals surface area contributed by atoms with Crippen molar-refractivity contribution in [1.82, 2.24) is 4.72 Å². The molecule has 1 N–H and O–H groups in total. The Morgan fingerprint density at radius 2 is 2.27 bits per heavy atom. The normalized spacial score (nSPS) is 28.9. The second-order valence-corrected chi connectivity index (χ2v) is 4.56. The van der Waals surface area contributed by atoms with Crippen LogP contribution in [0.3, 0.4) is 0 Å². The minimum atomic E-state index is 0.236. The molecular formula is C6H4Br2N2S. The Morgan fingerprint density at radius 3 is 3.00 bits per heavy atom. The smallest absolute Gasteiger partial charge is 0.0943 e. The first kappa shape index (κ1) is 8.04. The molecule has 0 saturated carbocycles. The molecule has 0 bridgehead atoms. The van der Waals surface area contributed by atoms with Crippen molar-refractivity contribution in [2.24, 2.45) is 4.40 Å². The lowest BCUT2D eigenvalue weighted by Crippen LogP contribution is -2.29. The lowest BCUT2D eigenvalue weighted by atomic mass is 10.1. The molecule has 58 valence electrons. The van der Waals surface area contributed by atoms with Crippen molar-refractivity contribution in [3.8, 4) is 0 Å². The van der Waals surface area contributed by atoms with Crippen LogP contribution in [0.2, 0.25) is 0 Å². The third-order valence-corrected chi connectivity index (χ3v) is 3.52. The molecule has 0 saturated heterocycles. The van der Waals surface area contributed by atoms with Crippen LogP contribution in [0.4, 0.5) is 0 Å². The van der Waals surface area contributed by atoms with Gasteiger partial charge in [0.05, 0.1) is 23.9 Å². The van der Waals surface area contributed by atoms with Gasteiger partial charge in [0.15, 0.2) is 0 Å². The van der Waals surface area contributed by atoms with Gasteiger partial charge in [0.1, 0.15) is 0 Å². The molecule has 2 nitrogen and oxygen atoms in total. The van der Waals surface area contributed by atoms with Crippen LogP contribution in [0, 0.1) is 0 Å². The maximum atomic E-state index is 4.23. The Labute approximate surface area is 85.7 Å². The van der Waals surface area contributed by atoms with Crippen LogP contribution in [0.1, 0.15) is 0 Å². The van der Waals surface area contributed by atoms with E-state index in [4.69, 9.17) is 0 Å². The summed E-state index contributed by atoms with van der Waals surface area (Å²) < 4.78 is 9.58. The molecule has 2 rings (SSSR count). The lowest BCUT2D eigenvalue weighted by Gasteiger charge is -2.14. The van der Waals surface area contributed by atoms with E-state index in [1.807, 2.05) is 12.2 Å². The minimum Gasteiger partial charge on any atom is -0.230 e. The Morgan fingerprint density at radius 1 is 1.45 bits per heavy atom. The largest absolute Gasteiger partial charge is 0.230 e. The fraction of sp³-hybridized carbons (Fsp3) is 0.167. The molecule has 0 spiro atoms. The van der Waals surface area contributed by atoms with E-state index in [0.29, 0.717) is 0 Å². The molecule has 5 heteroatoms. The zero-order valence-electron chi connectivity index (χ0n) is 5.34. The number of halogens is 2. The number of rotatable bonds is 0. The Bertz CT molecular complexity index is 282. The van der Waals surface area contributed by atoms with Gasteiger partial charge in [-0.05, 0) is 28.1 Å². The van der Waals surface area contributed by atoms with Crippen LogP contribution >= 0.6 is 44.0 Å². The van der Waals surface area contributed by atoms with E-state index in [1.54, 1.807) is 0 Å². The van der Waals surface area contributed by atoms with E-state index in [9.17, 15) is 0 Å². The second kappa shape index (κ2) is 3.05. The molecule has 1 aliphatic carbocycles. The van der Waals surface area contributed by atoms with Gasteiger partial charge in [-0.15, -0.1) is 0 Å². The van der Waals surface area contributed by atoms with Crippen molar-refractivity contribution in [2.45, 2.75) is 6.04 Å². The Balaban J connectivity index is 2.42. The number of allylic oxidation sites excluding steroid dienone is 2. The maximum Gasteiger partial charge on any atom is 0.0943 e. The summed E-state index contributed by atoms with van der Waals surface area (Å²) in [6, 6.07) is 0.236. The third-order valence-electron chi connectivity index (χ3n) is 1.50. The summed E-state index contributed by atoms with van der Waals surface area (Å²) in [6.07, 6.45) is 4.01. The van der Waals surface area contributed by atoms with Crippen LogP contribution in [-0.4, -0.2) is 11.8 Å². The van der Waals surface area contributed by atoms with E-state index < -0.39 is 0 Å². The highest BCUT2D eigenvalue weighted by molar-refractivity contribution is 9.12. The second-order valence-electron chi connectivity index (χ2n) is 2.18. The summed E-state index contributed by atoms with van der Waals surface area (Å²) in [5, 5.41) is 0. The molecule has 1 unspecified atom stereocenters. The lowest BCUT2D eigenvalue weighted by molar-refractivity contribution is 0.996. The summed E-state index contributed by atoms with van der Waals surface area (Å²) in [5.74, 6) is 0. The topological polar surface area (TPSA) is 24.4 Å². The molecule has 1 aliphatic heterocycles. The number of hydrogen-bond donors (Lipinski definition) is 1. The molecule has 0 aromatic heterocycles. The van der Waals surface area contributed by atoms with Gasteiger partial charge in [0.2, 0.25) is 0 Å². The fourth-order valence-electron chi connectivity index (χ4n) is 0.940. The molecule has 0 aromatic carbocycles. The van der Waals surface area contributed by atoms with Gasteiger partial charge in [-0.2, -0.15) is 0 Å². The van der Waals surface area contributed by atoms with Crippen molar-refractivity contribution in [2.75, 3.05) is 0 Å². The zero-order valence-corrected chi connectivity index (χ0v) is 9.33. The minimum absolute atomic E-state index is 0.236. The fourth-order valence-corrected chi connectivity index (χ4v) is 2.82. The first-order valence-corrected chi connectivity index (χ1v) is 5.37. The van der Waals surface area contributed by atoms with Crippen LogP contribution in [-0.2, 0) is 0 Å². The standard InChI is InChI=1S/C6H4Br2N2S/c7-3-1-2-4(8)6-5(3)9-11-10-6/h1-2,5,9H. The molecule has 0 fully saturated rings. The van der Waals surface area contributed by atoms with E-state index in [-0.39, 0.29) is 6.04 Å². The average Bonchev–Trinajstić information content (AvgIpc) is 2.45. The quantitative estimate of drug-likeness (QED) is 0.695. The van der Waals surface area contributed by atoms with Gasteiger partial charge in [0, 0.05) is 8.96 Å². The van der Waals surface area contributed by atoms with Crippen LogP contribution in [0.15, 0.2) is 25.5 Å². The van der Waals surface area contributed by atoms with Gasteiger partial charge >= 0.3 is 0 Å². The van der Waals surface area contributed by atoms with Crippen molar-refractivity contribution in [3.63, 3.8) is 0 Å². The van der Waals surface area contributed by atoms with Crippen molar-refractivity contribution in [3.05, 3.63) is 21.1 Å². The Hall–Kier alpha value is 0.420. The van der Waals surface area contributed by atoms with Gasteiger partial charge in [-0.25, -0.2) is 9.12 Å². The molecule has 0 radical (unpaired) electrons. The molecule has 11 heavy (non-hydrogen) atoms. The summed E-state index contributed by atoms with van der Waals surface area (Å²) >= 11 is 8.28. The molecule has 0 aromatic rings. The monoisotopic (exact) mass is 294 g/mol. The highest BCUT2D eigenvalue weighted by Crippen LogP contribution is 2.30. The van der Waals surface area contributed by atoms with Crippen LogP contribution in [0.25, 0.3) is 0 Å². The maximum absolute atomic E-state index is 4.23. The SMILES string of the molecule is BrC1=CC=C(Br)C2NSN=C12. The first-order valence-electron chi connectivity index (χ1n) is 3.01. The predicted octanol–water partition coefficient (Wildman–Crippen LogP) is 2.53. The molecule has 2 aliphatic rings. The predicted molar refractivity (Wildman–Crippen MR) is 56.0 cm³/mol. The van der Waals surface area contributed by atoms with E-state index in [1.165, 1.54) is 12.1 Å². The number of hydrogen-bond acceptors (Lipinski definition) is 3. The van der Waals surface area contributed by atoms with Gasteiger partial charge in [0.25, 0.3) is 0 Å². The summed E-state index contributed by atoms with van der Waals surface area (Å²) in [4.78, 5) is 0. The van der Waals surface area contributed by atoms with Crippen LogP contribution < -0.4 is 4.72 Å². The molecule has 0 amide bonds. The van der Waals surface area contributed by atoms with E-state index in [2.05, 4.69) is 41.0 Å². The Kier molecular flexibility index (Phi) is 2.23. The van der Waals surface area contributed by atoms with Crippen molar-refractivity contribution < 1.29 is 0 Å². The summed E-state index contributed by atoms with van der Waals surface area (Å²) in [5.41, 5.74) is 1.06. The first-order chi connectivity index (χ1) is 5.29. The number of fused-ring (bicyclic) bond motifs is 1. The van der Waals surface area contributed by atoms with Gasteiger partial charge < -0.3 is 0 Å². The van der Waals surface area contributed by atoms with E-state index >= 15 is 0 Å². The molecular weight excluding hydrogens is 292 g/mol. The average molecular weight is 296 g/mol. The van der Waals surface area contributed by atoms with E-state index in [0.717, 1.165) is 14.7 Å². The zero-order chi connectivity index (χ0) is 7.84. The van der Waals surface area contributed by atoms with Crippen LogP contribution in [0.5, 0.6) is 0 Å². The summed E-state index contributed by atoms with van der Waals surface area (Å²) in [7, 11) is 0. The van der Waals surface area contributed by atoms with Crippen molar-refractivity contribution in [1.29, 1.82) is 0 Å². The molecule has 1 atom stereocenters. The summed E-state index contributed by atoms with van der Waals surface area (Å²) in [6.45, 7) is 0. The van der Waals surface area contributed by atoms with Crippen molar-refractivity contribution >= 4 is 49.7 Å². The highest BCUT2D eigenvalue weighted by Gasteiger charge is 2.27. The number of nitrogens with zero attached hydrogens (tertiary/aromatic N) is 1.